The third-order valence-corrected chi connectivity index (χ3v) is 2.20. The lowest BCUT2D eigenvalue weighted by Crippen LogP contribution is -2.17. The summed E-state index contributed by atoms with van der Waals surface area (Å²) in [5.74, 6) is -0.213. The second kappa shape index (κ2) is 5.54. The predicted molar refractivity (Wildman–Crippen MR) is 58.2 cm³/mol. The van der Waals surface area contributed by atoms with Crippen LogP contribution in [0.4, 0.5) is 13.2 Å². The smallest absolute Gasteiger partial charge is 0.406 e. The molecule has 1 aromatic rings. The molecule has 0 saturated heterocycles. The zero-order chi connectivity index (χ0) is 12.2. The monoisotopic (exact) mass is 297 g/mol. The number of rotatable bonds is 4. The Balaban J connectivity index is 2.81. The van der Waals surface area contributed by atoms with Crippen molar-refractivity contribution in [3.8, 4) is 5.75 Å². The first-order valence-corrected chi connectivity index (χ1v) is 5.46. The van der Waals surface area contributed by atoms with Gasteiger partial charge in [-0.2, -0.15) is 0 Å². The lowest BCUT2D eigenvalue weighted by Gasteiger charge is -2.11. The summed E-state index contributed by atoms with van der Waals surface area (Å²) in [5, 5.41) is 3.02. The second-order valence-corrected chi connectivity index (χ2v) is 4.04. The summed E-state index contributed by atoms with van der Waals surface area (Å²) in [5.41, 5.74) is 0.732. The Bertz CT molecular complexity index is 354. The van der Waals surface area contributed by atoms with Gasteiger partial charge in [-0.05, 0) is 30.3 Å². The molecule has 1 N–H and O–H groups in total. The average Bonchev–Trinajstić information content (AvgIpc) is 2.10. The predicted octanol–water partition coefficient (Wildman–Crippen LogP) is 3.46. The second-order valence-electron chi connectivity index (χ2n) is 3.12. The SMILES string of the molecule is CCNCc1cc(Br)cc(OC(F)(F)F)c1. The zero-order valence-corrected chi connectivity index (χ0v) is 10.2. The Morgan fingerprint density at radius 1 is 1.31 bits per heavy atom. The van der Waals surface area contributed by atoms with Crippen molar-refractivity contribution in [3.63, 3.8) is 0 Å². The minimum absolute atomic E-state index is 0.213. The summed E-state index contributed by atoms with van der Waals surface area (Å²) in [6, 6.07) is 4.38. The van der Waals surface area contributed by atoms with Gasteiger partial charge in [-0.3, -0.25) is 0 Å². The summed E-state index contributed by atoms with van der Waals surface area (Å²) < 4.78 is 40.4. The third kappa shape index (κ3) is 4.85. The lowest BCUT2D eigenvalue weighted by molar-refractivity contribution is -0.274. The number of benzene rings is 1. The lowest BCUT2D eigenvalue weighted by atomic mass is 10.2. The Kier molecular flexibility index (Phi) is 4.61. The van der Waals surface area contributed by atoms with Crippen LogP contribution in [-0.4, -0.2) is 12.9 Å². The molecule has 0 radical (unpaired) electrons. The quantitative estimate of drug-likeness (QED) is 0.919. The molecule has 0 aliphatic carbocycles. The zero-order valence-electron chi connectivity index (χ0n) is 8.57. The summed E-state index contributed by atoms with van der Waals surface area (Å²) in [7, 11) is 0. The molecule has 1 rings (SSSR count). The van der Waals surface area contributed by atoms with Crippen molar-refractivity contribution in [1.29, 1.82) is 0 Å². The van der Waals surface area contributed by atoms with E-state index in [1.807, 2.05) is 6.92 Å². The molecule has 90 valence electrons. The van der Waals surface area contributed by atoms with E-state index in [2.05, 4.69) is 26.0 Å². The van der Waals surface area contributed by atoms with Gasteiger partial charge in [-0.1, -0.05) is 22.9 Å². The number of hydrogen-bond donors (Lipinski definition) is 1. The normalized spacial score (nSPS) is 11.6. The van der Waals surface area contributed by atoms with Gasteiger partial charge in [0, 0.05) is 11.0 Å². The molecule has 0 fully saturated rings. The molecule has 1 aromatic carbocycles. The first-order chi connectivity index (χ1) is 7.40. The van der Waals surface area contributed by atoms with Crippen LogP contribution in [0.2, 0.25) is 0 Å². The summed E-state index contributed by atoms with van der Waals surface area (Å²) in [6.07, 6.45) is -4.66. The molecule has 0 spiro atoms. The first kappa shape index (κ1) is 13.3. The van der Waals surface area contributed by atoms with Gasteiger partial charge in [0.05, 0.1) is 0 Å². The Labute approximate surface area is 99.9 Å². The van der Waals surface area contributed by atoms with Gasteiger partial charge < -0.3 is 10.1 Å². The minimum atomic E-state index is -4.66. The number of nitrogens with one attached hydrogen (secondary N) is 1. The number of alkyl halides is 3. The van der Waals surface area contributed by atoms with Crippen LogP contribution in [0.5, 0.6) is 5.75 Å². The first-order valence-electron chi connectivity index (χ1n) is 4.66. The van der Waals surface area contributed by atoms with Crippen molar-refractivity contribution in [2.24, 2.45) is 0 Å². The summed E-state index contributed by atoms with van der Waals surface area (Å²) in [6.45, 7) is 3.18. The maximum atomic E-state index is 12.0. The van der Waals surface area contributed by atoms with Crippen LogP contribution in [0.15, 0.2) is 22.7 Å². The van der Waals surface area contributed by atoms with Crippen LogP contribution in [0.1, 0.15) is 12.5 Å². The molecule has 16 heavy (non-hydrogen) atoms. The number of ether oxygens (including phenoxy) is 1. The molecule has 0 atom stereocenters. The molecular weight excluding hydrogens is 287 g/mol. The van der Waals surface area contributed by atoms with Crippen molar-refractivity contribution in [1.82, 2.24) is 5.32 Å². The molecule has 0 aliphatic heterocycles. The number of hydrogen-bond acceptors (Lipinski definition) is 2. The van der Waals surface area contributed by atoms with E-state index in [0.717, 1.165) is 12.1 Å². The van der Waals surface area contributed by atoms with Gasteiger partial charge in [-0.15, -0.1) is 13.2 Å². The van der Waals surface area contributed by atoms with E-state index in [-0.39, 0.29) is 5.75 Å². The summed E-state index contributed by atoms with van der Waals surface area (Å²) >= 11 is 3.14. The summed E-state index contributed by atoms with van der Waals surface area (Å²) in [4.78, 5) is 0. The maximum Gasteiger partial charge on any atom is 0.573 e. The van der Waals surface area contributed by atoms with Gasteiger partial charge in [-0.25, -0.2) is 0 Å². The van der Waals surface area contributed by atoms with Crippen LogP contribution in [-0.2, 0) is 6.54 Å². The molecule has 6 heteroatoms. The fourth-order valence-electron chi connectivity index (χ4n) is 1.18. The molecule has 2 nitrogen and oxygen atoms in total. The minimum Gasteiger partial charge on any atom is -0.406 e. The van der Waals surface area contributed by atoms with E-state index >= 15 is 0 Å². The van der Waals surface area contributed by atoms with Gasteiger partial charge in [0.2, 0.25) is 0 Å². The van der Waals surface area contributed by atoms with Gasteiger partial charge in [0.25, 0.3) is 0 Å². The van der Waals surface area contributed by atoms with Gasteiger partial charge in [0.1, 0.15) is 5.75 Å². The average molecular weight is 298 g/mol. The van der Waals surface area contributed by atoms with Gasteiger partial charge >= 0.3 is 6.36 Å². The van der Waals surface area contributed by atoms with Crippen LogP contribution in [0, 0.1) is 0 Å². The van der Waals surface area contributed by atoms with Crippen LogP contribution in [0.3, 0.4) is 0 Å². The topological polar surface area (TPSA) is 21.3 Å². The van der Waals surface area contributed by atoms with E-state index in [1.54, 1.807) is 6.07 Å². The fraction of sp³-hybridized carbons (Fsp3) is 0.400. The molecule has 0 aromatic heterocycles. The molecule has 0 aliphatic rings. The molecule has 0 amide bonds. The molecule has 0 saturated carbocycles. The van der Waals surface area contributed by atoms with Crippen molar-refractivity contribution >= 4 is 15.9 Å². The van der Waals surface area contributed by atoms with Crippen LogP contribution >= 0.6 is 15.9 Å². The van der Waals surface area contributed by atoms with Crippen molar-refractivity contribution in [2.75, 3.05) is 6.54 Å². The highest BCUT2D eigenvalue weighted by Gasteiger charge is 2.31. The van der Waals surface area contributed by atoms with E-state index in [0.29, 0.717) is 11.0 Å². The van der Waals surface area contributed by atoms with Crippen molar-refractivity contribution in [3.05, 3.63) is 28.2 Å². The van der Waals surface area contributed by atoms with E-state index in [1.165, 1.54) is 12.1 Å². The highest BCUT2D eigenvalue weighted by atomic mass is 79.9. The molecule has 0 unspecified atom stereocenters. The third-order valence-electron chi connectivity index (χ3n) is 1.74. The Hall–Kier alpha value is -0.750. The number of halogens is 4. The Morgan fingerprint density at radius 2 is 2.00 bits per heavy atom. The van der Waals surface area contributed by atoms with Gasteiger partial charge in [0.15, 0.2) is 0 Å². The largest absolute Gasteiger partial charge is 0.573 e. The van der Waals surface area contributed by atoms with E-state index < -0.39 is 6.36 Å². The van der Waals surface area contributed by atoms with E-state index in [9.17, 15) is 13.2 Å². The van der Waals surface area contributed by atoms with Crippen LogP contribution in [0.25, 0.3) is 0 Å². The molecular formula is C10H11BrF3NO. The Morgan fingerprint density at radius 3 is 2.56 bits per heavy atom. The maximum absolute atomic E-state index is 12.0. The molecule has 0 heterocycles. The van der Waals surface area contributed by atoms with Crippen molar-refractivity contribution < 1.29 is 17.9 Å². The highest BCUT2D eigenvalue weighted by molar-refractivity contribution is 9.10. The van der Waals surface area contributed by atoms with Crippen LogP contribution < -0.4 is 10.1 Å². The van der Waals surface area contributed by atoms with E-state index in [4.69, 9.17) is 0 Å². The fourth-order valence-corrected chi connectivity index (χ4v) is 1.70. The van der Waals surface area contributed by atoms with Crippen molar-refractivity contribution in [2.45, 2.75) is 19.8 Å². The highest BCUT2D eigenvalue weighted by Crippen LogP contribution is 2.27. The standard InChI is InChI=1S/C10H11BrF3NO/c1-2-15-6-7-3-8(11)5-9(4-7)16-10(12,13)14/h3-5,15H,2,6H2,1H3. The molecule has 0 bridgehead atoms.